The smallest absolute Gasteiger partial charge is 0.249 e. The summed E-state index contributed by atoms with van der Waals surface area (Å²) in [6.07, 6.45) is 0. The second-order valence-corrected chi connectivity index (χ2v) is 7.30. The van der Waals surface area contributed by atoms with Crippen LogP contribution < -0.4 is 5.73 Å². The highest BCUT2D eigenvalue weighted by atomic mass is 35.5. The van der Waals surface area contributed by atoms with E-state index in [4.69, 9.17) is 17.3 Å². The van der Waals surface area contributed by atoms with Crippen LogP contribution in [0, 0.1) is 6.07 Å². The van der Waals surface area contributed by atoms with Crippen LogP contribution in [0.2, 0.25) is 5.02 Å². The molecule has 0 aliphatic rings. The molecule has 5 rings (SSSR count). The summed E-state index contributed by atoms with van der Waals surface area (Å²) in [7, 11) is 0. The minimum atomic E-state index is -0.446. The number of benzene rings is 4. The predicted molar refractivity (Wildman–Crippen MR) is 115 cm³/mol. The average Bonchev–Trinajstić information content (AvgIpc) is 3.01. The molecular formula is C24H16ClN2O. The second kappa shape index (κ2) is 6.39. The van der Waals surface area contributed by atoms with Gasteiger partial charge in [0.25, 0.3) is 0 Å². The number of carbonyl (C=O) groups excluding carboxylic acids is 1. The third-order valence-corrected chi connectivity index (χ3v) is 5.45. The van der Waals surface area contributed by atoms with E-state index in [2.05, 4.69) is 41.0 Å². The molecule has 0 bridgehead atoms. The minimum Gasteiger partial charge on any atom is -0.366 e. The van der Waals surface area contributed by atoms with Crippen LogP contribution in [0.5, 0.6) is 0 Å². The van der Waals surface area contributed by atoms with Crippen molar-refractivity contribution in [3.8, 4) is 0 Å². The number of halogens is 1. The summed E-state index contributed by atoms with van der Waals surface area (Å²) in [5, 5.41) is 4.69. The van der Waals surface area contributed by atoms with Gasteiger partial charge in [-0.1, -0.05) is 60.1 Å². The Hall–Kier alpha value is -3.30. The van der Waals surface area contributed by atoms with Gasteiger partial charge in [-0.15, -0.1) is 0 Å². The molecule has 0 spiro atoms. The third kappa shape index (κ3) is 2.55. The summed E-state index contributed by atoms with van der Waals surface area (Å²) < 4.78 is 2.18. The lowest BCUT2D eigenvalue weighted by molar-refractivity contribution is 0.100. The number of fused-ring (bicyclic) bond motifs is 4. The molecule has 3 nitrogen and oxygen atoms in total. The van der Waals surface area contributed by atoms with E-state index in [1.165, 1.54) is 16.3 Å². The van der Waals surface area contributed by atoms with Crippen molar-refractivity contribution in [3.05, 3.63) is 95.0 Å². The largest absolute Gasteiger partial charge is 0.366 e. The predicted octanol–water partition coefficient (Wildman–Crippen LogP) is 5.55. The zero-order chi connectivity index (χ0) is 19.3. The summed E-state index contributed by atoms with van der Waals surface area (Å²) >= 11 is 6.28. The maximum atomic E-state index is 12.0. The zero-order valence-corrected chi connectivity index (χ0v) is 15.7. The van der Waals surface area contributed by atoms with Crippen LogP contribution in [0.4, 0.5) is 0 Å². The topological polar surface area (TPSA) is 48.0 Å². The first kappa shape index (κ1) is 16.8. The molecule has 1 aromatic heterocycles. The van der Waals surface area contributed by atoms with E-state index in [0.29, 0.717) is 17.1 Å². The molecule has 1 radical (unpaired) electrons. The van der Waals surface area contributed by atoms with E-state index >= 15 is 0 Å². The minimum absolute atomic E-state index is 0.446. The Morgan fingerprint density at radius 2 is 1.79 bits per heavy atom. The fourth-order valence-corrected chi connectivity index (χ4v) is 4.16. The number of aromatic nitrogens is 1. The number of nitrogens with two attached hydrogens (primary N) is 1. The van der Waals surface area contributed by atoms with Gasteiger partial charge in [0.1, 0.15) is 0 Å². The van der Waals surface area contributed by atoms with E-state index in [0.717, 1.165) is 21.8 Å². The van der Waals surface area contributed by atoms with Crippen molar-refractivity contribution in [2.24, 2.45) is 5.73 Å². The van der Waals surface area contributed by atoms with Crippen molar-refractivity contribution in [3.63, 3.8) is 0 Å². The van der Waals surface area contributed by atoms with Crippen molar-refractivity contribution in [1.82, 2.24) is 4.57 Å². The number of primary amides is 1. The number of rotatable bonds is 3. The van der Waals surface area contributed by atoms with Crippen molar-refractivity contribution in [1.29, 1.82) is 0 Å². The van der Waals surface area contributed by atoms with Gasteiger partial charge in [0.05, 0.1) is 11.0 Å². The summed E-state index contributed by atoms with van der Waals surface area (Å²) in [5.74, 6) is -0.446. The molecule has 0 unspecified atom stereocenters. The number of carbonyl (C=O) groups is 1. The number of hydrogen-bond donors (Lipinski definition) is 1. The molecule has 5 aromatic rings. The molecule has 0 atom stereocenters. The highest BCUT2D eigenvalue weighted by molar-refractivity contribution is 6.31. The third-order valence-electron chi connectivity index (χ3n) is 5.23. The molecule has 135 valence electrons. The molecule has 0 aliphatic carbocycles. The fraction of sp³-hybridized carbons (Fsp3) is 0.0417. The molecule has 0 saturated heterocycles. The fourth-order valence-electron chi connectivity index (χ4n) is 4.01. The Labute approximate surface area is 166 Å². The molecule has 1 amide bonds. The monoisotopic (exact) mass is 383 g/mol. The Morgan fingerprint density at radius 3 is 2.64 bits per heavy atom. The highest BCUT2D eigenvalue weighted by Crippen LogP contribution is 2.34. The average molecular weight is 384 g/mol. The van der Waals surface area contributed by atoms with Gasteiger partial charge in [-0.25, -0.2) is 0 Å². The quantitative estimate of drug-likeness (QED) is 0.436. The van der Waals surface area contributed by atoms with Crippen molar-refractivity contribution >= 4 is 50.1 Å². The lowest BCUT2D eigenvalue weighted by atomic mass is 10.0. The summed E-state index contributed by atoms with van der Waals surface area (Å²) in [5.41, 5.74) is 9.22. The maximum absolute atomic E-state index is 12.0. The van der Waals surface area contributed by atoms with Gasteiger partial charge in [0, 0.05) is 27.9 Å². The van der Waals surface area contributed by atoms with Crippen molar-refractivity contribution < 1.29 is 4.79 Å². The Balaban J connectivity index is 1.84. The van der Waals surface area contributed by atoms with Gasteiger partial charge in [0.15, 0.2) is 0 Å². The van der Waals surface area contributed by atoms with Crippen LogP contribution in [0.1, 0.15) is 15.9 Å². The molecule has 4 heteroatoms. The van der Waals surface area contributed by atoms with E-state index in [9.17, 15) is 4.79 Å². The first-order valence-electron chi connectivity index (χ1n) is 9.02. The zero-order valence-electron chi connectivity index (χ0n) is 14.9. The molecule has 0 saturated carbocycles. The Morgan fingerprint density at radius 1 is 1.00 bits per heavy atom. The lowest BCUT2D eigenvalue weighted by Gasteiger charge is -2.11. The van der Waals surface area contributed by atoms with Crippen LogP contribution >= 0.6 is 11.6 Å². The van der Waals surface area contributed by atoms with E-state index < -0.39 is 5.91 Å². The van der Waals surface area contributed by atoms with Gasteiger partial charge in [-0.3, -0.25) is 4.79 Å². The Bertz CT molecular complexity index is 1380. The molecule has 4 aromatic carbocycles. The molecule has 2 N–H and O–H groups in total. The van der Waals surface area contributed by atoms with E-state index in [1.54, 1.807) is 12.1 Å². The first-order chi connectivity index (χ1) is 13.6. The van der Waals surface area contributed by atoms with Gasteiger partial charge in [0.2, 0.25) is 5.91 Å². The number of hydrogen-bond acceptors (Lipinski definition) is 1. The van der Waals surface area contributed by atoms with Gasteiger partial charge >= 0.3 is 0 Å². The van der Waals surface area contributed by atoms with Gasteiger partial charge in [-0.2, -0.15) is 0 Å². The SMILES string of the molecule is NC(=O)c1cccc2c1c1[c]cc(Cl)cc1n2Cc1cccc2ccccc12. The lowest BCUT2D eigenvalue weighted by Crippen LogP contribution is -2.11. The van der Waals surface area contributed by atoms with Crippen molar-refractivity contribution in [2.75, 3.05) is 0 Å². The number of amides is 1. The summed E-state index contributed by atoms with van der Waals surface area (Å²) in [6.45, 7) is 0.651. The molecule has 1 heterocycles. The normalized spacial score (nSPS) is 11.5. The summed E-state index contributed by atoms with van der Waals surface area (Å²) in [4.78, 5) is 12.0. The number of nitrogens with zero attached hydrogens (tertiary/aromatic N) is 1. The van der Waals surface area contributed by atoms with Crippen LogP contribution in [-0.4, -0.2) is 10.5 Å². The molecule has 28 heavy (non-hydrogen) atoms. The second-order valence-electron chi connectivity index (χ2n) is 6.87. The van der Waals surface area contributed by atoms with E-state index in [-0.39, 0.29) is 0 Å². The first-order valence-corrected chi connectivity index (χ1v) is 9.40. The molecule has 0 fully saturated rings. The van der Waals surface area contributed by atoms with Crippen LogP contribution in [0.25, 0.3) is 32.6 Å². The highest BCUT2D eigenvalue weighted by Gasteiger charge is 2.17. The molecule has 0 aliphatic heterocycles. The van der Waals surface area contributed by atoms with Gasteiger partial charge in [-0.05, 0) is 46.7 Å². The van der Waals surface area contributed by atoms with Crippen LogP contribution in [-0.2, 0) is 6.54 Å². The summed E-state index contributed by atoms with van der Waals surface area (Å²) in [6, 6.07) is 27.2. The Kier molecular flexibility index (Phi) is 3.85. The maximum Gasteiger partial charge on any atom is 0.249 e. The standard InChI is InChI=1S/C24H16ClN2O/c25-17-11-12-19-22(13-17)27(21-10-4-9-20(23(19)21)24(26)28)14-16-7-3-6-15-5-1-2-8-18(15)16/h1-11,13H,14H2,(H2,26,28). The van der Waals surface area contributed by atoms with E-state index in [1.807, 2.05) is 30.3 Å². The van der Waals surface area contributed by atoms with Crippen LogP contribution in [0.3, 0.4) is 0 Å². The molecular weight excluding hydrogens is 368 g/mol. The van der Waals surface area contributed by atoms with Crippen molar-refractivity contribution in [2.45, 2.75) is 6.54 Å². The van der Waals surface area contributed by atoms with Gasteiger partial charge < -0.3 is 10.3 Å². The van der Waals surface area contributed by atoms with Crippen LogP contribution in [0.15, 0.2) is 72.8 Å².